The third kappa shape index (κ3) is 3.14. The number of aliphatic hydroxyl groups excluding tert-OH is 1. The zero-order valence-corrected chi connectivity index (χ0v) is 11.9. The molecule has 0 bridgehead atoms. The Labute approximate surface area is 124 Å². The van der Waals surface area contributed by atoms with Crippen LogP contribution in [0.5, 0.6) is 0 Å². The Bertz CT molecular complexity index is 597. The molecule has 21 heavy (non-hydrogen) atoms. The highest BCUT2D eigenvalue weighted by atomic mass is 16.3. The zero-order valence-electron chi connectivity index (χ0n) is 11.9. The minimum atomic E-state index is -0.412. The van der Waals surface area contributed by atoms with Gasteiger partial charge in [0, 0.05) is 6.54 Å². The number of benzene rings is 2. The minimum absolute atomic E-state index is 0.0902. The third-order valence-corrected chi connectivity index (χ3v) is 4.03. The maximum atomic E-state index is 12.4. The van der Waals surface area contributed by atoms with E-state index in [4.69, 9.17) is 0 Å². The summed E-state index contributed by atoms with van der Waals surface area (Å²) in [7, 11) is 0. The molecular weight excluding hydrogens is 262 g/mol. The molecule has 1 aliphatic rings. The predicted molar refractivity (Wildman–Crippen MR) is 81.8 cm³/mol. The largest absolute Gasteiger partial charge is 0.389 e. The molecule has 3 nitrogen and oxygen atoms in total. The van der Waals surface area contributed by atoms with Crippen LogP contribution in [0.2, 0.25) is 0 Å². The summed E-state index contributed by atoms with van der Waals surface area (Å²) >= 11 is 0. The highest BCUT2D eigenvalue weighted by molar-refractivity contribution is 5.80. The Morgan fingerprint density at radius 2 is 1.57 bits per heavy atom. The molecule has 0 saturated carbocycles. The second-order valence-electron chi connectivity index (χ2n) is 5.53. The lowest BCUT2D eigenvalue weighted by molar-refractivity contribution is -0.149. The molecular formula is C18H19NO2. The van der Waals surface area contributed by atoms with E-state index in [1.54, 1.807) is 4.90 Å². The normalized spacial score (nSPS) is 20.9. The molecule has 1 aliphatic heterocycles. The first-order valence-electron chi connectivity index (χ1n) is 7.29. The molecule has 1 N–H and O–H groups in total. The van der Waals surface area contributed by atoms with E-state index in [1.165, 1.54) is 0 Å². The second-order valence-corrected chi connectivity index (χ2v) is 5.53. The number of aliphatic hydroxyl groups is 1. The summed E-state index contributed by atoms with van der Waals surface area (Å²) < 4.78 is 0. The van der Waals surface area contributed by atoms with Gasteiger partial charge in [0.05, 0.1) is 18.6 Å². The lowest BCUT2D eigenvalue weighted by atomic mass is 9.91. The van der Waals surface area contributed by atoms with E-state index in [-0.39, 0.29) is 11.9 Å². The topological polar surface area (TPSA) is 40.5 Å². The fraction of sp³-hybridized carbons (Fsp3) is 0.278. The average Bonchev–Trinajstić information content (AvgIpc) is 2.52. The van der Waals surface area contributed by atoms with Crippen LogP contribution in [-0.2, 0) is 17.6 Å². The summed E-state index contributed by atoms with van der Waals surface area (Å²) in [6.45, 7) is 0.448. The van der Waals surface area contributed by atoms with Gasteiger partial charge in [0.2, 0.25) is 5.91 Å². The summed E-state index contributed by atoms with van der Waals surface area (Å²) in [4.78, 5) is 14.2. The van der Waals surface area contributed by atoms with Crippen molar-refractivity contribution >= 4 is 5.91 Å². The molecule has 1 heterocycles. The van der Waals surface area contributed by atoms with Gasteiger partial charge in [-0.1, -0.05) is 60.7 Å². The molecule has 0 aliphatic carbocycles. The zero-order chi connectivity index (χ0) is 14.7. The second kappa shape index (κ2) is 6.10. The number of nitrogens with zero attached hydrogens (tertiary/aromatic N) is 1. The first-order valence-corrected chi connectivity index (χ1v) is 7.29. The molecule has 0 spiro atoms. The van der Waals surface area contributed by atoms with Gasteiger partial charge >= 0.3 is 0 Å². The van der Waals surface area contributed by atoms with Crippen LogP contribution in [0.15, 0.2) is 60.7 Å². The molecule has 0 aromatic heterocycles. The number of carbonyl (C=O) groups is 1. The van der Waals surface area contributed by atoms with Crippen LogP contribution in [0.3, 0.4) is 0 Å². The molecule has 2 aromatic carbocycles. The molecule has 1 fully saturated rings. The van der Waals surface area contributed by atoms with Gasteiger partial charge in [-0.15, -0.1) is 0 Å². The highest BCUT2D eigenvalue weighted by Crippen LogP contribution is 2.23. The Morgan fingerprint density at radius 3 is 2.14 bits per heavy atom. The first-order chi connectivity index (χ1) is 10.2. The molecule has 3 rings (SSSR count). The lowest BCUT2D eigenvalue weighted by Crippen LogP contribution is -2.63. The molecule has 2 unspecified atom stereocenters. The van der Waals surface area contributed by atoms with Gasteiger partial charge in [0.25, 0.3) is 0 Å². The maximum absolute atomic E-state index is 12.4. The van der Waals surface area contributed by atoms with Crippen molar-refractivity contribution in [3.8, 4) is 0 Å². The predicted octanol–water partition coefficient (Wildman–Crippen LogP) is 2.04. The molecule has 0 radical (unpaired) electrons. The summed E-state index contributed by atoms with van der Waals surface area (Å²) in [5, 5.41) is 9.96. The van der Waals surface area contributed by atoms with Crippen molar-refractivity contribution in [1.82, 2.24) is 4.90 Å². The van der Waals surface area contributed by atoms with Crippen molar-refractivity contribution in [3.05, 3.63) is 71.8 Å². The molecule has 3 heteroatoms. The number of amides is 1. The van der Waals surface area contributed by atoms with Gasteiger partial charge in [-0.25, -0.2) is 0 Å². The summed E-state index contributed by atoms with van der Waals surface area (Å²) in [6.07, 6.45) is 0.700. The van der Waals surface area contributed by atoms with Gasteiger partial charge in [-0.05, 0) is 17.5 Å². The average molecular weight is 281 g/mol. The van der Waals surface area contributed by atoms with Crippen LogP contribution in [-0.4, -0.2) is 34.6 Å². The number of rotatable bonds is 4. The van der Waals surface area contributed by atoms with E-state index < -0.39 is 6.10 Å². The Balaban J connectivity index is 1.64. The van der Waals surface area contributed by atoms with E-state index in [0.29, 0.717) is 19.4 Å². The van der Waals surface area contributed by atoms with Crippen molar-refractivity contribution in [2.24, 2.45) is 0 Å². The first kappa shape index (κ1) is 13.8. The summed E-state index contributed by atoms with van der Waals surface area (Å²) in [6, 6.07) is 19.6. The van der Waals surface area contributed by atoms with Gasteiger partial charge in [-0.2, -0.15) is 0 Å². The van der Waals surface area contributed by atoms with Crippen molar-refractivity contribution < 1.29 is 9.90 Å². The van der Waals surface area contributed by atoms with Gasteiger partial charge in [0.1, 0.15) is 0 Å². The monoisotopic (exact) mass is 281 g/mol. The van der Waals surface area contributed by atoms with Crippen molar-refractivity contribution in [3.63, 3.8) is 0 Å². The minimum Gasteiger partial charge on any atom is -0.389 e. The maximum Gasteiger partial charge on any atom is 0.227 e. The number of hydrogen-bond donors (Lipinski definition) is 1. The van der Waals surface area contributed by atoms with Crippen LogP contribution in [0.4, 0.5) is 0 Å². The molecule has 2 atom stereocenters. The van der Waals surface area contributed by atoms with E-state index >= 15 is 0 Å². The van der Waals surface area contributed by atoms with Crippen LogP contribution >= 0.6 is 0 Å². The van der Waals surface area contributed by atoms with E-state index in [2.05, 4.69) is 0 Å². The quantitative estimate of drug-likeness (QED) is 0.931. The van der Waals surface area contributed by atoms with Crippen LogP contribution in [0, 0.1) is 0 Å². The highest BCUT2D eigenvalue weighted by Gasteiger charge is 2.40. The standard InChI is InChI=1S/C18H19NO2/c20-17-13-19(16(17)11-14-7-3-1-4-8-14)18(21)12-15-9-5-2-6-10-15/h1-10,16-17,20H,11-13H2. The van der Waals surface area contributed by atoms with Gasteiger partial charge in [-0.3, -0.25) is 4.79 Å². The Hall–Kier alpha value is -2.13. The fourth-order valence-corrected chi connectivity index (χ4v) is 2.79. The van der Waals surface area contributed by atoms with E-state index in [1.807, 2.05) is 60.7 Å². The van der Waals surface area contributed by atoms with Crippen LogP contribution in [0.25, 0.3) is 0 Å². The smallest absolute Gasteiger partial charge is 0.227 e. The Morgan fingerprint density at radius 1 is 1.00 bits per heavy atom. The number of β-amino-alcohol motifs (C(OH)–C–C–N with tert-alkyl or cyclic N) is 1. The van der Waals surface area contributed by atoms with Crippen molar-refractivity contribution in [2.75, 3.05) is 6.54 Å². The fourth-order valence-electron chi connectivity index (χ4n) is 2.79. The van der Waals surface area contributed by atoms with Crippen LogP contribution < -0.4 is 0 Å². The summed E-state index contributed by atoms with van der Waals surface area (Å²) in [5.74, 6) is 0.0902. The van der Waals surface area contributed by atoms with Crippen molar-refractivity contribution in [1.29, 1.82) is 0 Å². The lowest BCUT2D eigenvalue weighted by Gasteiger charge is -2.45. The molecule has 1 amide bonds. The summed E-state index contributed by atoms with van der Waals surface area (Å²) in [5.41, 5.74) is 2.17. The van der Waals surface area contributed by atoms with Gasteiger partial charge in [0.15, 0.2) is 0 Å². The molecule has 1 saturated heterocycles. The number of hydrogen-bond acceptors (Lipinski definition) is 2. The SMILES string of the molecule is O=C(Cc1ccccc1)N1CC(O)C1Cc1ccccc1. The molecule has 2 aromatic rings. The van der Waals surface area contributed by atoms with Gasteiger partial charge < -0.3 is 10.0 Å². The Kier molecular flexibility index (Phi) is 4.02. The van der Waals surface area contributed by atoms with Crippen LogP contribution in [0.1, 0.15) is 11.1 Å². The molecule has 108 valence electrons. The third-order valence-electron chi connectivity index (χ3n) is 4.03. The van der Waals surface area contributed by atoms with E-state index in [9.17, 15) is 9.90 Å². The number of carbonyl (C=O) groups excluding carboxylic acids is 1. The van der Waals surface area contributed by atoms with E-state index in [0.717, 1.165) is 11.1 Å². The number of likely N-dealkylation sites (tertiary alicyclic amines) is 1. The van der Waals surface area contributed by atoms with Crippen molar-refractivity contribution in [2.45, 2.75) is 25.0 Å².